The van der Waals surface area contributed by atoms with Crippen molar-refractivity contribution in [1.82, 2.24) is 0 Å². The summed E-state index contributed by atoms with van der Waals surface area (Å²) in [5.41, 5.74) is 1.47. The van der Waals surface area contributed by atoms with E-state index in [1.807, 2.05) is 6.92 Å². The molecule has 0 radical (unpaired) electrons. The highest BCUT2D eigenvalue weighted by molar-refractivity contribution is 14.1. The molecule has 0 aliphatic heterocycles. The van der Waals surface area contributed by atoms with Crippen LogP contribution in [0.2, 0.25) is 0 Å². The Labute approximate surface area is 109 Å². The predicted octanol–water partition coefficient (Wildman–Crippen LogP) is 3.03. The van der Waals surface area contributed by atoms with E-state index in [0.717, 1.165) is 14.9 Å². The number of carbonyl (C=O) groups is 1. The number of benzene rings is 1. The van der Waals surface area contributed by atoms with E-state index in [-0.39, 0.29) is 5.97 Å². The second kappa shape index (κ2) is 5.89. The van der Waals surface area contributed by atoms with Gasteiger partial charge in [-0.05, 0) is 53.3 Å². The minimum atomic E-state index is -0.343. The highest BCUT2D eigenvalue weighted by atomic mass is 127. The number of halogens is 1. The van der Waals surface area contributed by atoms with Crippen molar-refractivity contribution >= 4 is 28.6 Å². The topological polar surface area (TPSA) is 35.5 Å². The molecule has 1 aromatic carbocycles. The van der Waals surface area contributed by atoms with Crippen LogP contribution >= 0.6 is 22.6 Å². The largest absolute Gasteiger partial charge is 0.488 e. The van der Waals surface area contributed by atoms with Gasteiger partial charge in [-0.25, -0.2) is 4.79 Å². The fourth-order valence-electron chi connectivity index (χ4n) is 1.06. The van der Waals surface area contributed by atoms with Gasteiger partial charge in [-0.2, -0.15) is 0 Å². The van der Waals surface area contributed by atoms with Crippen LogP contribution in [-0.4, -0.2) is 19.7 Å². The lowest BCUT2D eigenvalue weighted by atomic mass is 10.2. The average molecular weight is 332 g/mol. The minimum Gasteiger partial charge on any atom is -0.488 e. The molecule has 1 rings (SSSR count). The lowest BCUT2D eigenvalue weighted by Gasteiger charge is -2.08. The van der Waals surface area contributed by atoms with Crippen LogP contribution in [0.25, 0.3) is 0 Å². The van der Waals surface area contributed by atoms with Gasteiger partial charge in [0.2, 0.25) is 0 Å². The first-order valence-electron chi connectivity index (χ1n) is 4.69. The molecule has 0 N–H and O–H groups in total. The van der Waals surface area contributed by atoms with Crippen molar-refractivity contribution in [2.45, 2.75) is 6.92 Å². The summed E-state index contributed by atoms with van der Waals surface area (Å²) in [6, 6.07) is 5.18. The van der Waals surface area contributed by atoms with Gasteiger partial charge in [0.05, 0.1) is 16.2 Å². The quantitative estimate of drug-likeness (QED) is 0.483. The molecule has 1 aromatic rings. The lowest BCUT2D eigenvalue weighted by Crippen LogP contribution is -2.03. The molecule has 86 valence electrons. The van der Waals surface area contributed by atoms with E-state index in [9.17, 15) is 4.79 Å². The van der Waals surface area contributed by atoms with Crippen molar-refractivity contribution in [3.8, 4) is 5.75 Å². The standard InChI is InChI=1S/C12H13IO3/c1-8(2)7-16-11-5-4-9(6-10(11)13)12(14)15-3/h4-6H,1,7H2,2-3H3. The van der Waals surface area contributed by atoms with E-state index in [2.05, 4.69) is 33.9 Å². The van der Waals surface area contributed by atoms with Crippen molar-refractivity contribution in [3.63, 3.8) is 0 Å². The van der Waals surface area contributed by atoms with Gasteiger partial charge in [0.1, 0.15) is 12.4 Å². The molecule has 0 aliphatic rings. The molecule has 0 heterocycles. The van der Waals surface area contributed by atoms with Crippen LogP contribution in [0, 0.1) is 3.57 Å². The zero-order valence-electron chi connectivity index (χ0n) is 9.25. The molecule has 0 fully saturated rings. The average Bonchev–Trinajstić information content (AvgIpc) is 2.26. The maximum Gasteiger partial charge on any atom is 0.337 e. The van der Waals surface area contributed by atoms with Crippen molar-refractivity contribution in [1.29, 1.82) is 0 Å². The molecule has 0 saturated heterocycles. The molecule has 0 atom stereocenters. The zero-order valence-corrected chi connectivity index (χ0v) is 11.4. The summed E-state index contributed by atoms with van der Waals surface area (Å²) in [6.45, 7) is 6.14. The predicted molar refractivity (Wildman–Crippen MR) is 70.8 cm³/mol. The van der Waals surface area contributed by atoms with E-state index in [1.54, 1.807) is 18.2 Å². The van der Waals surface area contributed by atoms with Crippen molar-refractivity contribution in [3.05, 3.63) is 39.5 Å². The van der Waals surface area contributed by atoms with Crippen LogP contribution in [-0.2, 0) is 4.74 Å². The summed E-state index contributed by atoms with van der Waals surface area (Å²) in [5, 5.41) is 0. The third-order valence-electron chi connectivity index (χ3n) is 1.83. The maximum absolute atomic E-state index is 11.3. The van der Waals surface area contributed by atoms with Gasteiger partial charge >= 0.3 is 5.97 Å². The van der Waals surface area contributed by atoms with Crippen molar-refractivity contribution < 1.29 is 14.3 Å². The van der Waals surface area contributed by atoms with Gasteiger partial charge in [-0.15, -0.1) is 0 Å². The number of rotatable bonds is 4. The van der Waals surface area contributed by atoms with Crippen molar-refractivity contribution in [2.24, 2.45) is 0 Å². The number of carbonyl (C=O) groups excluding carboxylic acids is 1. The number of hydrogen-bond donors (Lipinski definition) is 0. The summed E-state index contributed by atoms with van der Waals surface area (Å²) in [5.74, 6) is 0.403. The normalized spacial score (nSPS) is 9.69. The molecule has 3 nitrogen and oxygen atoms in total. The second-order valence-electron chi connectivity index (χ2n) is 3.38. The summed E-state index contributed by atoms with van der Waals surface area (Å²) in [6.07, 6.45) is 0. The van der Waals surface area contributed by atoms with Gasteiger partial charge in [-0.1, -0.05) is 6.58 Å². The summed E-state index contributed by atoms with van der Waals surface area (Å²) >= 11 is 2.12. The minimum absolute atomic E-state index is 0.343. The molecule has 0 unspecified atom stereocenters. The fraction of sp³-hybridized carbons (Fsp3) is 0.250. The molecule has 4 heteroatoms. The second-order valence-corrected chi connectivity index (χ2v) is 4.54. The molecule has 0 aliphatic carbocycles. The van der Waals surface area contributed by atoms with E-state index in [0.29, 0.717) is 12.2 Å². The monoisotopic (exact) mass is 332 g/mol. The third kappa shape index (κ3) is 3.52. The van der Waals surface area contributed by atoms with Gasteiger partial charge in [0.15, 0.2) is 0 Å². The Morgan fingerprint density at radius 3 is 2.69 bits per heavy atom. The first-order chi connectivity index (χ1) is 7.54. The Morgan fingerprint density at radius 2 is 2.19 bits per heavy atom. The van der Waals surface area contributed by atoms with Crippen LogP contribution < -0.4 is 4.74 Å². The Hall–Kier alpha value is -1.04. The highest BCUT2D eigenvalue weighted by Gasteiger charge is 2.08. The van der Waals surface area contributed by atoms with Crippen LogP contribution in [0.1, 0.15) is 17.3 Å². The number of methoxy groups -OCH3 is 1. The summed E-state index contributed by atoms with van der Waals surface area (Å²) in [4.78, 5) is 11.3. The van der Waals surface area contributed by atoms with E-state index < -0.39 is 0 Å². The maximum atomic E-state index is 11.3. The van der Waals surface area contributed by atoms with Crippen LogP contribution in [0.5, 0.6) is 5.75 Å². The first-order valence-corrected chi connectivity index (χ1v) is 5.77. The molecular formula is C12H13IO3. The molecule has 16 heavy (non-hydrogen) atoms. The Kier molecular flexibility index (Phi) is 4.79. The van der Waals surface area contributed by atoms with Gasteiger partial charge in [0, 0.05) is 0 Å². The number of ether oxygens (including phenoxy) is 2. The molecular weight excluding hydrogens is 319 g/mol. The number of esters is 1. The van der Waals surface area contributed by atoms with Gasteiger partial charge in [0.25, 0.3) is 0 Å². The Bertz CT molecular complexity index is 413. The fourth-order valence-corrected chi connectivity index (χ4v) is 1.73. The molecule has 0 spiro atoms. The van der Waals surface area contributed by atoms with Gasteiger partial charge in [-0.3, -0.25) is 0 Å². The first kappa shape index (κ1) is 13.0. The third-order valence-corrected chi connectivity index (χ3v) is 2.67. The molecule has 0 aromatic heterocycles. The summed E-state index contributed by atoms with van der Waals surface area (Å²) < 4.78 is 11.0. The Morgan fingerprint density at radius 1 is 1.50 bits per heavy atom. The Balaban J connectivity index is 2.83. The molecule has 0 bridgehead atoms. The number of hydrogen-bond acceptors (Lipinski definition) is 3. The SMILES string of the molecule is C=C(C)COc1ccc(C(=O)OC)cc1I. The van der Waals surface area contributed by atoms with E-state index in [4.69, 9.17) is 4.74 Å². The summed E-state index contributed by atoms with van der Waals surface area (Å²) in [7, 11) is 1.36. The van der Waals surface area contributed by atoms with Crippen molar-refractivity contribution in [2.75, 3.05) is 13.7 Å². The highest BCUT2D eigenvalue weighted by Crippen LogP contribution is 2.22. The van der Waals surface area contributed by atoms with Crippen LogP contribution in [0.3, 0.4) is 0 Å². The smallest absolute Gasteiger partial charge is 0.337 e. The van der Waals surface area contributed by atoms with Crippen LogP contribution in [0.15, 0.2) is 30.4 Å². The lowest BCUT2D eigenvalue weighted by molar-refractivity contribution is 0.0600. The molecule has 0 amide bonds. The van der Waals surface area contributed by atoms with E-state index in [1.165, 1.54) is 7.11 Å². The van der Waals surface area contributed by atoms with Crippen LogP contribution in [0.4, 0.5) is 0 Å². The molecule has 0 saturated carbocycles. The van der Waals surface area contributed by atoms with Gasteiger partial charge < -0.3 is 9.47 Å². The van der Waals surface area contributed by atoms with E-state index >= 15 is 0 Å². The zero-order chi connectivity index (χ0) is 12.1.